The smallest absolute Gasteiger partial charge is 0.277 e. The fourth-order valence-corrected chi connectivity index (χ4v) is 6.06. The number of nitrogens with one attached hydrogen (secondary N) is 2. The Bertz CT molecular complexity index is 1570. The molecule has 0 atom stereocenters. The molecule has 1 aliphatic rings. The maximum absolute atomic E-state index is 13.2. The van der Waals surface area contributed by atoms with Crippen molar-refractivity contribution in [2.45, 2.75) is 63.2 Å². The molecule has 2 heterocycles. The molecule has 0 unspecified atom stereocenters. The molecule has 0 saturated heterocycles. The van der Waals surface area contributed by atoms with Crippen LogP contribution in [0.15, 0.2) is 58.2 Å². The third kappa shape index (κ3) is 5.11. The number of fused-ring (bicyclic) bond motifs is 1. The molecule has 1 saturated carbocycles. The van der Waals surface area contributed by atoms with Gasteiger partial charge in [0.2, 0.25) is 0 Å². The number of H-pyrrole nitrogens is 1. The fraction of sp³-hybridized carbons (Fsp3) is 0.370. The lowest BCUT2D eigenvalue weighted by Gasteiger charge is -2.15. The molecule has 2 aromatic heterocycles. The molecule has 0 amide bonds. The standard InChI is InChI=1S/C27H31N5O4S/c1-3-36-23-16-15-21(37(34,35)31-20-13-9-6-10-14-20)17-22(23)25-29-27(33)24-18(2)28-26(32(24)30-25)19-11-7-4-5-8-12-19/h6,9-10,13-17,19,31H,3-5,7-8,11-12H2,1-2H3,(H,29,30,33). The van der Waals surface area contributed by atoms with Crippen molar-refractivity contribution < 1.29 is 13.2 Å². The van der Waals surface area contributed by atoms with Crippen LogP contribution in [0.5, 0.6) is 5.75 Å². The van der Waals surface area contributed by atoms with E-state index in [-0.39, 0.29) is 22.2 Å². The molecule has 4 aromatic rings. The first kappa shape index (κ1) is 25.0. The van der Waals surface area contributed by atoms with Crippen molar-refractivity contribution in [1.29, 1.82) is 0 Å². The van der Waals surface area contributed by atoms with Gasteiger partial charge in [-0.2, -0.15) is 0 Å². The molecule has 0 aliphatic heterocycles. The van der Waals surface area contributed by atoms with E-state index in [0.29, 0.717) is 34.8 Å². The Kier molecular flexibility index (Phi) is 7.01. The van der Waals surface area contributed by atoms with Crippen LogP contribution in [0.1, 0.15) is 62.9 Å². The minimum Gasteiger partial charge on any atom is -0.493 e. The summed E-state index contributed by atoms with van der Waals surface area (Å²) in [6.45, 7) is 4.03. The van der Waals surface area contributed by atoms with E-state index in [2.05, 4.69) is 9.71 Å². The Balaban J connectivity index is 1.63. The molecular weight excluding hydrogens is 490 g/mol. The molecule has 1 aliphatic carbocycles. The number of aromatic amines is 1. The Morgan fingerprint density at radius 1 is 1.08 bits per heavy atom. The molecule has 2 aromatic carbocycles. The van der Waals surface area contributed by atoms with Crippen LogP contribution in [0, 0.1) is 6.92 Å². The SMILES string of the molecule is CCOc1ccc(S(=O)(=O)Nc2ccccc2)cc1-c1nn2c(C3CCCCCC3)nc(C)c2c(=O)[nH]1. The highest BCUT2D eigenvalue weighted by Crippen LogP contribution is 2.33. The summed E-state index contributed by atoms with van der Waals surface area (Å²) >= 11 is 0. The van der Waals surface area contributed by atoms with Gasteiger partial charge in [0, 0.05) is 11.6 Å². The predicted molar refractivity (Wildman–Crippen MR) is 143 cm³/mol. The summed E-state index contributed by atoms with van der Waals surface area (Å²) in [6.07, 6.45) is 6.66. The second-order valence-corrected chi connectivity index (χ2v) is 11.1. The first-order valence-electron chi connectivity index (χ1n) is 12.7. The van der Waals surface area contributed by atoms with Gasteiger partial charge in [0.1, 0.15) is 11.6 Å². The second kappa shape index (κ2) is 10.4. The Hall–Kier alpha value is -3.66. The van der Waals surface area contributed by atoms with Crippen molar-refractivity contribution in [3.05, 3.63) is 70.4 Å². The number of hydrogen-bond acceptors (Lipinski definition) is 6. The predicted octanol–water partition coefficient (Wildman–Crippen LogP) is 5.03. The zero-order chi connectivity index (χ0) is 26.0. The number of nitrogens with zero attached hydrogens (tertiary/aromatic N) is 3. The van der Waals surface area contributed by atoms with Crippen molar-refractivity contribution >= 4 is 21.2 Å². The third-order valence-electron chi connectivity index (χ3n) is 6.76. The monoisotopic (exact) mass is 521 g/mol. The number of hydrogen-bond donors (Lipinski definition) is 2. The van der Waals surface area contributed by atoms with Gasteiger partial charge in [0.15, 0.2) is 11.3 Å². The molecule has 5 rings (SSSR count). The van der Waals surface area contributed by atoms with Crippen LogP contribution < -0.4 is 15.0 Å². The van der Waals surface area contributed by atoms with Crippen LogP contribution in [-0.4, -0.2) is 34.6 Å². The maximum Gasteiger partial charge on any atom is 0.277 e. The largest absolute Gasteiger partial charge is 0.493 e. The highest BCUT2D eigenvalue weighted by Gasteiger charge is 2.25. The lowest BCUT2D eigenvalue weighted by molar-refractivity contribution is 0.341. The molecule has 0 spiro atoms. The normalized spacial score (nSPS) is 15.0. The molecule has 0 radical (unpaired) electrons. The van der Waals surface area contributed by atoms with Gasteiger partial charge < -0.3 is 9.72 Å². The minimum atomic E-state index is -3.90. The molecule has 1 fully saturated rings. The molecule has 10 heteroatoms. The lowest BCUT2D eigenvalue weighted by Crippen LogP contribution is -2.17. The van der Waals surface area contributed by atoms with Crippen LogP contribution in [0.3, 0.4) is 0 Å². The first-order valence-corrected chi connectivity index (χ1v) is 14.2. The van der Waals surface area contributed by atoms with E-state index < -0.39 is 10.0 Å². The zero-order valence-corrected chi connectivity index (χ0v) is 21.8. The number of aryl methyl sites for hydroxylation is 1. The molecule has 0 bridgehead atoms. The van der Waals surface area contributed by atoms with Gasteiger partial charge in [-0.3, -0.25) is 9.52 Å². The zero-order valence-electron chi connectivity index (χ0n) is 21.0. The van der Waals surface area contributed by atoms with E-state index in [1.165, 1.54) is 25.0 Å². The van der Waals surface area contributed by atoms with Gasteiger partial charge >= 0.3 is 0 Å². The third-order valence-corrected chi connectivity index (χ3v) is 8.14. The number of aromatic nitrogens is 4. The van der Waals surface area contributed by atoms with Gasteiger partial charge in [-0.25, -0.2) is 17.9 Å². The number of rotatable bonds is 7. The average molecular weight is 522 g/mol. The fourth-order valence-electron chi connectivity index (χ4n) is 4.98. The number of benzene rings is 2. The quantitative estimate of drug-likeness (QED) is 0.329. The minimum absolute atomic E-state index is 0.0309. The van der Waals surface area contributed by atoms with Crippen LogP contribution in [0.4, 0.5) is 5.69 Å². The topological polar surface area (TPSA) is 118 Å². The van der Waals surface area contributed by atoms with Crippen LogP contribution in [0.25, 0.3) is 16.9 Å². The van der Waals surface area contributed by atoms with Crippen LogP contribution in [-0.2, 0) is 10.0 Å². The van der Waals surface area contributed by atoms with Gasteiger partial charge in [0.05, 0.1) is 22.8 Å². The van der Waals surface area contributed by atoms with Crippen LogP contribution in [0.2, 0.25) is 0 Å². The number of sulfonamides is 1. The molecule has 194 valence electrons. The average Bonchev–Trinajstić information content (AvgIpc) is 3.04. The number of para-hydroxylation sites is 1. The summed E-state index contributed by atoms with van der Waals surface area (Å²) in [6, 6.07) is 13.2. The van der Waals surface area contributed by atoms with Gasteiger partial charge in [-0.1, -0.05) is 43.9 Å². The Morgan fingerprint density at radius 3 is 2.51 bits per heavy atom. The van der Waals surface area contributed by atoms with E-state index in [4.69, 9.17) is 14.8 Å². The summed E-state index contributed by atoms with van der Waals surface area (Å²) in [4.78, 5) is 20.8. The number of imidazole rings is 1. The Morgan fingerprint density at radius 2 is 1.81 bits per heavy atom. The molecule has 9 nitrogen and oxygen atoms in total. The number of ether oxygens (including phenoxy) is 1. The van der Waals surface area contributed by atoms with E-state index in [9.17, 15) is 13.2 Å². The summed E-state index contributed by atoms with van der Waals surface area (Å²) in [7, 11) is -3.90. The van der Waals surface area contributed by atoms with Gasteiger partial charge in [-0.15, -0.1) is 5.10 Å². The van der Waals surface area contributed by atoms with Crippen molar-refractivity contribution in [2.75, 3.05) is 11.3 Å². The molecule has 37 heavy (non-hydrogen) atoms. The highest BCUT2D eigenvalue weighted by molar-refractivity contribution is 7.92. The first-order chi connectivity index (χ1) is 17.9. The van der Waals surface area contributed by atoms with E-state index >= 15 is 0 Å². The van der Waals surface area contributed by atoms with E-state index in [1.54, 1.807) is 34.8 Å². The van der Waals surface area contributed by atoms with Gasteiger partial charge in [-0.05, 0) is 57.0 Å². The summed E-state index contributed by atoms with van der Waals surface area (Å²) in [5.41, 5.74) is 1.55. The molecular formula is C27H31N5O4S. The van der Waals surface area contributed by atoms with Crippen molar-refractivity contribution in [3.63, 3.8) is 0 Å². The van der Waals surface area contributed by atoms with Crippen molar-refractivity contribution in [3.8, 4) is 17.1 Å². The number of anilines is 1. The highest BCUT2D eigenvalue weighted by atomic mass is 32.2. The second-order valence-electron chi connectivity index (χ2n) is 9.37. The van der Waals surface area contributed by atoms with Gasteiger partial charge in [0.25, 0.3) is 15.6 Å². The summed E-state index contributed by atoms with van der Waals surface area (Å²) < 4.78 is 36.4. The maximum atomic E-state index is 13.2. The lowest BCUT2D eigenvalue weighted by atomic mass is 10.00. The van der Waals surface area contributed by atoms with Crippen LogP contribution >= 0.6 is 0 Å². The summed E-state index contributed by atoms with van der Waals surface area (Å²) in [5.74, 6) is 1.66. The van der Waals surface area contributed by atoms with E-state index in [1.807, 2.05) is 19.9 Å². The van der Waals surface area contributed by atoms with Crippen molar-refractivity contribution in [2.24, 2.45) is 0 Å². The van der Waals surface area contributed by atoms with E-state index in [0.717, 1.165) is 31.5 Å². The molecule has 2 N–H and O–H groups in total. The van der Waals surface area contributed by atoms with Crippen molar-refractivity contribution in [1.82, 2.24) is 19.6 Å². The summed E-state index contributed by atoms with van der Waals surface area (Å²) in [5, 5.41) is 4.79. The Labute approximate surface area is 216 Å².